The Hall–Kier alpha value is -1.66. The zero-order valence-corrected chi connectivity index (χ0v) is 12.5. The van der Waals surface area contributed by atoms with Gasteiger partial charge in [0.15, 0.2) is 5.65 Å². The molecule has 102 valence electrons. The van der Waals surface area contributed by atoms with E-state index in [-0.39, 0.29) is 5.82 Å². The first kappa shape index (κ1) is 13.3. The van der Waals surface area contributed by atoms with Crippen molar-refractivity contribution >= 4 is 38.9 Å². The van der Waals surface area contributed by atoms with Gasteiger partial charge in [0.1, 0.15) is 10.4 Å². The van der Waals surface area contributed by atoms with Crippen molar-refractivity contribution in [3.05, 3.63) is 57.9 Å². The van der Waals surface area contributed by atoms with E-state index < -0.39 is 0 Å². The molecule has 4 nitrogen and oxygen atoms in total. The fourth-order valence-corrected chi connectivity index (χ4v) is 2.41. The van der Waals surface area contributed by atoms with Crippen LogP contribution in [0.25, 0.3) is 5.65 Å². The molecule has 2 heterocycles. The predicted octanol–water partition coefficient (Wildman–Crippen LogP) is 3.90. The highest BCUT2D eigenvalue weighted by molar-refractivity contribution is 9.10. The zero-order chi connectivity index (χ0) is 14.1. The summed E-state index contributed by atoms with van der Waals surface area (Å²) in [5.74, 6) is -0.356. The number of hydrogen-bond donors (Lipinski definition) is 1. The number of halogens is 3. The van der Waals surface area contributed by atoms with Crippen LogP contribution in [0.2, 0.25) is 5.02 Å². The highest BCUT2D eigenvalue weighted by Crippen LogP contribution is 2.23. The van der Waals surface area contributed by atoms with Crippen molar-refractivity contribution in [3.8, 4) is 0 Å². The first-order chi connectivity index (χ1) is 9.63. The molecular formula is C13H9BrClFN4. The summed E-state index contributed by atoms with van der Waals surface area (Å²) in [4.78, 5) is 8.37. The van der Waals surface area contributed by atoms with E-state index in [9.17, 15) is 4.39 Å². The molecule has 1 aromatic carbocycles. The molecule has 0 amide bonds. The van der Waals surface area contributed by atoms with Crippen molar-refractivity contribution in [3.63, 3.8) is 0 Å². The number of nitrogens with one attached hydrogen (secondary N) is 1. The van der Waals surface area contributed by atoms with Gasteiger partial charge in [0.25, 0.3) is 0 Å². The molecule has 3 rings (SSSR count). The minimum atomic E-state index is -0.356. The number of aromatic nitrogens is 3. The highest BCUT2D eigenvalue weighted by atomic mass is 79.9. The van der Waals surface area contributed by atoms with Crippen LogP contribution in [0.5, 0.6) is 0 Å². The molecule has 0 aliphatic heterocycles. The first-order valence-corrected chi connectivity index (χ1v) is 6.97. The fraction of sp³-hybridized carbons (Fsp3) is 0.0769. The summed E-state index contributed by atoms with van der Waals surface area (Å²) < 4.78 is 15.6. The fourth-order valence-electron chi connectivity index (χ4n) is 1.87. The summed E-state index contributed by atoms with van der Waals surface area (Å²) in [6.07, 6.45) is 5.28. The van der Waals surface area contributed by atoms with Gasteiger partial charge in [-0.05, 0) is 34.1 Å². The average Bonchev–Trinajstić information content (AvgIpc) is 2.80. The quantitative estimate of drug-likeness (QED) is 0.775. The lowest BCUT2D eigenvalue weighted by Gasteiger charge is -2.08. The summed E-state index contributed by atoms with van der Waals surface area (Å²) in [5, 5.41) is 3.51. The lowest BCUT2D eigenvalue weighted by molar-refractivity contribution is 0.628. The maximum absolute atomic E-state index is 13.0. The van der Waals surface area contributed by atoms with Gasteiger partial charge in [0.2, 0.25) is 0 Å². The molecule has 1 N–H and O–H groups in total. The van der Waals surface area contributed by atoms with E-state index in [0.29, 0.717) is 17.3 Å². The van der Waals surface area contributed by atoms with Gasteiger partial charge in [-0.2, -0.15) is 0 Å². The van der Waals surface area contributed by atoms with Crippen LogP contribution >= 0.6 is 27.5 Å². The maximum atomic E-state index is 13.0. The standard InChI is InChI=1S/C13H9BrClFN4/c14-12-7-20-9(5-19-13(20)6-18-12)4-17-11-2-1-8(16)3-10(11)15/h1-3,5-7,17H,4H2. The lowest BCUT2D eigenvalue weighted by atomic mass is 10.3. The van der Waals surface area contributed by atoms with Crippen LogP contribution in [0.1, 0.15) is 5.69 Å². The third kappa shape index (κ3) is 2.62. The number of nitrogens with zero attached hydrogens (tertiary/aromatic N) is 3. The van der Waals surface area contributed by atoms with Gasteiger partial charge >= 0.3 is 0 Å². The Morgan fingerprint density at radius 3 is 2.95 bits per heavy atom. The SMILES string of the molecule is Fc1ccc(NCc2cnc3cnc(Br)cn23)c(Cl)c1. The number of hydrogen-bond acceptors (Lipinski definition) is 3. The van der Waals surface area contributed by atoms with Crippen LogP contribution in [-0.2, 0) is 6.54 Å². The predicted molar refractivity (Wildman–Crippen MR) is 79.4 cm³/mol. The Kier molecular flexibility index (Phi) is 3.58. The number of rotatable bonds is 3. The molecule has 3 aromatic rings. The second-order valence-corrected chi connectivity index (χ2v) is 5.39. The molecule has 0 bridgehead atoms. The number of anilines is 1. The topological polar surface area (TPSA) is 42.2 Å². The molecule has 0 unspecified atom stereocenters. The zero-order valence-electron chi connectivity index (χ0n) is 10.1. The van der Waals surface area contributed by atoms with E-state index in [0.717, 1.165) is 15.9 Å². The normalized spacial score (nSPS) is 10.9. The van der Waals surface area contributed by atoms with Gasteiger partial charge in [-0.25, -0.2) is 14.4 Å². The molecular weight excluding hydrogens is 347 g/mol. The molecule has 20 heavy (non-hydrogen) atoms. The van der Waals surface area contributed by atoms with Crippen LogP contribution in [0, 0.1) is 5.82 Å². The van der Waals surface area contributed by atoms with E-state index in [1.165, 1.54) is 12.1 Å². The summed E-state index contributed by atoms with van der Waals surface area (Å²) in [6.45, 7) is 0.517. The van der Waals surface area contributed by atoms with Gasteiger partial charge in [0, 0.05) is 6.20 Å². The van der Waals surface area contributed by atoms with E-state index in [1.807, 2.05) is 10.6 Å². The number of imidazole rings is 1. The second kappa shape index (κ2) is 5.38. The van der Waals surface area contributed by atoms with Gasteiger partial charge < -0.3 is 5.32 Å². The summed E-state index contributed by atoms with van der Waals surface area (Å²) >= 11 is 9.29. The monoisotopic (exact) mass is 354 g/mol. The minimum Gasteiger partial charge on any atom is -0.378 e. The molecule has 0 saturated carbocycles. The molecule has 0 radical (unpaired) electrons. The van der Waals surface area contributed by atoms with E-state index >= 15 is 0 Å². The summed E-state index contributed by atoms with van der Waals surface area (Å²) in [7, 11) is 0. The largest absolute Gasteiger partial charge is 0.378 e. The van der Waals surface area contributed by atoms with Crippen LogP contribution in [0.15, 0.2) is 41.4 Å². The van der Waals surface area contributed by atoms with Gasteiger partial charge in [-0.15, -0.1) is 0 Å². The van der Waals surface area contributed by atoms with Crippen molar-refractivity contribution in [2.45, 2.75) is 6.54 Å². The van der Waals surface area contributed by atoms with Gasteiger partial charge in [-0.3, -0.25) is 4.40 Å². The Labute approximate surface area is 127 Å². The molecule has 0 saturated heterocycles. The van der Waals surface area contributed by atoms with Crippen molar-refractivity contribution in [2.24, 2.45) is 0 Å². The lowest BCUT2D eigenvalue weighted by Crippen LogP contribution is -2.03. The van der Waals surface area contributed by atoms with Crippen molar-refractivity contribution in [1.29, 1.82) is 0 Å². The molecule has 0 aliphatic rings. The smallest absolute Gasteiger partial charge is 0.155 e. The van der Waals surface area contributed by atoms with Crippen molar-refractivity contribution in [1.82, 2.24) is 14.4 Å². The Bertz CT molecular complexity index is 774. The van der Waals surface area contributed by atoms with E-state index in [1.54, 1.807) is 18.5 Å². The number of benzene rings is 1. The third-order valence-electron chi connectivity index (χ3n) is 2.83. The molecule has 0 atom stereocenters. The minimum absolute atomic E-state index is 0.349. The van der Waals surface area contributed by atoms with Gasteiger partial charge in [-0.1, -0.05) is 11.6 Å². The molecule has 2 aromatic heterocycles. The molecule has 7 heteroatoms. The summed E-state index contributed by atoms with van der Waals surface area (Å²) in [5.41, 5.74) is 2.38. The Morgan fingerprint density at radius 2 is 2.15 bits per heavy atom. The summed E-state index contributed by atoms with van der Waals surface area (Å²) in [6, 6.07) is 4.25. The van der Waals surface area contributed by atoms with Crippen LogP contribution in [0.4, 0.5) is 10.1 Å². The van der Waals surface area contributed by atoms with Crippen LogP contribution in [0.3, 0.4) is 0 Å². The Morgan fingerprint density at radius 1 is 1.30 bits per heavy atom. The molecule has 0 fully saturated rings. The van der Waals surface area contributed by atoms with Crippen molar-refractivity contribution in [2.75, 3.05) is 5.32 Å². The van der Waals surface area contributed by atoms with E-state index in [4.69, 9.17) is 11.6 Å². The van der Waals surface area contributed by atoms with Crippen molar-refractivity contribution < 1.29 is 4.39 Å². The van der Waals surface area contributed by atoms with Crippen LogP contribution in [-0.4, -0.2) is 14.4 Å². The van der Waals surface area contributed by atoms with E-state index in [2.05, 4.69) is 31.2 Å². The maximum Gasteiger partial charge on any atom is 0.155 e. The molecule has 0 spiro atoms. The average molecular weight is 356 g/mol. The Balaban J connectivity index is 1.85. The highest BCUT2D eigenvalue weighted by Gasteiger charge is 2.06. The van der Waals surface area contributed by atoms with Gasteiger partial charge in [0.05, 0.1) is 35.3 Å². The molecule has 0 aliphatic carbocycles. The first-order valence-electron chi connectivity index (χ1n) is 5.80. The second-order valence-electron chi connectivity index (χ2n) is 4.17. The third-order valence-corrected chi connectivity index (χ3v) is 3.55. The number of fused-ring (bicyclic) bond motifs is 1. The van der Waals surface area contributed by atoms with Crippen LogP contribution < -0.4 is 5.32 Å².